The Morgan fingerprint density at radius 3 is 2.85 bits per heavy atom. The maximum absolute atomic E-state index is 5.61. The number of methoxy groups -OCH3 is 1. The summed E-state index contributed by atoms with van der Waals surface area (Å²) >= 11 is 0. The zero-order chi connectivity index (χ0) is 14.4. The van der Waals surface area contributed by atoms with Gasteiger partial charge in [-0.05, 0) is 31.7 Å². The minimum atomic E-state index is 0.394. The number of aromatic nitrogens is 2. The van der Waals surface area contributed by atoms with Crippen molar-refractivity contribution in [3.63, 3.8) is 0 Å². The van der Waals surface area contributed by atoms with E-state index in [0.29, 0.717) is 12.6 Å². The predicted octanol–water partition coefficient (Wildman–Crippen LogP) is 2.09. The second-order valence-electron chi connectivity index (χ2n) is 4.43. The third kappa shape index (κ3) is 3.68. The number of aryl methyl sites for hydroxylation is 1. The summed E-state index contributed by atoms with van der Waals surface area (Å²) in [5.41, 5.74) is 3.01. The lowest BCUT2D eigenvalue weighted by Gasteiger charge is -2.08. The first-order valence-electron chi connectivity index (χ1n) is 6.45. The van der Waals surface area contributed by atoms with Gasteiger partial charge in [-0.15, -0.1) is 0 Å². The molecule has 5 heteroatoms. The van der Waals surface area contributed by atoms with Crippen LogP contribution >= 0.6 is 0 Å². The van der Waals surface area contributed by atoms with Gasteiger partial charge in [-0.2, -0.15) is 0 Å². The van der Waals surface area contributed by atoms with E-state index in [0.717, 1.165) is 29.1 Å². The molecule has 0 aliphatic rings. The van der Waals surface area contributed by atoms with Crippen molar-refractivity contribution in [2.75, 3.05) is 14.2 Å². The second-order valence-corrected chi connectivity index (χ2v) is 4.43. The molecule has 2 aromatic rings. The van der Waals surface area contributed by atoms with Crippen molar-refractivity contribution in [3.8, 4) is 11.8 Å². The van der Waals surface area contributed by atoms with Crippen LogP contribution in [0, 0.1) is 6.92 Å². The third-order valence-electron chi connectivity index (χ3n) is 2.93. The number of nitrogens with one attached hydrogen (secondary N) is 1. The Kier molecular flexibility index (Phi) is 4.90. The Bertz CT molecular complexity index is 573. The van der Waals surface area contributed by atoms with Gasteiger partial charge in [-0.1, -0.05) is 12.1 Å². The van der Waals surface area contributed by atoms with Gasteiger partial charge in [0.2, 0.25) is 0 Å². The van der Waals surface area contributed by atoms with Crippen LogP contribution in [0.4, 0.5) is 0 Å². The average Bonchev–Trinajstić information content (AvgIpc) is 2.48. The summed E-state index contributed by atoms with van der Waals surface area (Å²) in [4.78, 5) is 8.56. The summed E-state index contributed by atoms with van der Waals surface area (Å²) < 4.78 is 10.8. The molecule has 0 fully saturated rings. The average molecular weight is 273 g/mol. The fourth-order valence-electron chi connectivity index (χ4n) is 1.81. The van der Waals surface area contributed by atoms with E-state index in [2.05, 4.69) is 15.3 Å². The topological polar surface area (TPSA) is 56.3 Å². The van der Waals surface area contributed by atoms with Gasteiger partial charge in [0, 0.05) is 24.0 Å². The quantitative estimate of drug-likeness (QED) is 0.873. The molecule has 0 unspecified atom stereocenters. The zero-order valence-corrected chi connectivity index (χ0v) is 12.0. The first-order chi connectivity index (χ1) is 9.72. The monoisotopic (exact) mass is 273 g/mol. The van der Waals surface area contributed by atoms with Crippen LogP contribution in [-0.2, 0) is 13.2 Å². The lowest BCUT2D eigenvalue weighted by Crippen LogP contribution is -2.09. The molecule has 0 spiro atoms. The SMILES string of the molecule is CNCc1cnc(OCc2cccc(OC)c2)nc1C. The number of nitrogens with zero attached hydrogens (tertiary/aromatic N) is 2. The van der Waals surface area contributed by atoms with Crippen molar-refractivity contribution in [1.82, 2.24) is 15.3 Å². The number of ether oxygens (including phenoxy) is 2. The van der Waals surface area contributed by atoms with Crippen LogP contribution in [0.3, 0.4) is 0 Å². The molecule has 5 nitrogen and oxygen atoms in total. The van der Waals surface area contributed by atoms with Gasteiger partial charge in [0.15, 0.2) is 0 Å². The van der Waals surface area contributed by atoms with Gasteiger partial charge < -0.3 is 14.8 Å². The highest BCUT2D eigenvalue weighted by Crippen LogP contribution is 2.15. The molecule has 0 aliphatic heterocycles. The van der Waals surface area contributed by atoms with E-state index in [9.17, 15) is 0 Å². The maximum atomic E-state index is 5.61. The molecule has 0 saturated carbocycles. The summed E-state index contributed by atoms with van der Waals surface area (Å²) in [7, 11) is 3.54. The minimum absolute atomic E-state index is 0.394. The molecule has 0 bridgehead atoms. The first-order valence-corrected chi connectivity index (χ1v) is 6.45. The number of rotatable bonds is 6. The Balaban J connectivity index is 2.01. The van der Waals surface area contributed by atoms with Crippen molar-refractivity contribution >= 4 is 0 Å². The minimum Gasteiger partial charge on any atom is -0.497 e. The molecular formula is C15H19N3O2. The fraction of sp³-hybridized carbons (Fsp3) is 0.333. The summed E-state index contributed by atoms with van der Waals surface area (Å²) in [5.74, 6) is 0.813. The van der Waals surface area contributed by atoms with Crippen molar-refractivity contribution < 1.29 is 9.47 Å². The van der Waals surface area contributed by atoms with E-state index < -0.39 is 0 Å². The third-order valence-corrected chi connectivity index (χ3v) is 2.93. The van der Waals surface area contributed by atoms with E-state index in [-0.39, 0.29) is 0 Å². The number of benzene rings is 1. The van der Waals surface area contributed by atoms with Gasteiger partial charge in [0.25, 0.3) is 0 Å². The Morgan fingerprint density at radius 1 is 1.30 bits per heavy atom. The van der Waals surface area contributed by atoms with Gasteiger partial charge in [-0.3, -0.25) is 0 Å². The van der Waals surface area contributed by atoms with Crippen LogP contribution < -0.4 is 14.8 Å². The van der Waals surface area contributed by atoms with E-state index in [1.807, 2.05) is 38.2 Å². The van der Waals surface area contributed by atoms with Gasteiger partial charge in [-0.25, -0.2) is 9.97 Å². The highest BCUT2D eigenvalue weighted by molar-refractivity contribution is 5.28. The van der Waals surface area contributed by atoms with Crippen molar-refractivity contribution in [2.24, 2.45) is 0 Å². The Morgan fingerprint density at radius 2 is 2.15 bits per heavy atom. The van der Waals surface area contributed by atoms with Crippen LogP contribution in [0.2, 0.25) is 0 Å². The van der Waals surface area contributed by atoms with Crippen molar-refractivity contribution in [2.45, 2.75) is 20.1 Å². The van der Waals surface area contributed by atoms with E-state index in [1.165, 1.54) is 0 Å². The van der Waals surface area contributed by atoms with Crippen LogP contribution in [-0.4, -0.2) is 24.1 Å². The predicted molar refractivity (Wildman–Crippen MR) is 76.9 cm³/mol. The normalized spacial score (nSPS) is 10.3. The summed E-state index contributed by atoms with van der Waals surface area (Å²) in [5, 5.41) is 3.08. The van der Waals surface area contributed by atoms with Gasteiger partial charge >= 0.3 is 6.01 Å². The van der Waals surface area contributed by atoms with Crippen LogP contribution in [0.25, 0.3) is 0 Å². The lowest BCUT2D eigenvalue weighted by atomic mass is 10.2. The molecule has 0 atom stereocenters. The molecule has 0 saturated heterocycles. The summed E-state index contributed by atoms with van der Waals surface area (Å²) in [6.45, 7) is 3.12. The first kappa shape index (κ1) is 14.3. The smallest absolute Gasteiger partial charge is 0.316 e. The lowest BCUT2D eigenvalue weighted by molar-refractivity contribution is 0.279. The standard InChI is InChI=1S/C15H19N3O2/c1-11-13(8-16-2)9-17-15(18-11)20-10-12-5-4-6-14(7-12)19-3/h4-7,9,16H,8,10H2,1-3H3. The molecule has 20 heavy (non-hydrogen) atoms. The molecular weight excluding hydrogens is 254 g/mol. The van der Waals surface area contributed by atoms with Crippen LogP contribution in [0.15, 0.2) is 30.5 Å². The number of hydrogen-bond donors (Lipinski definition) is 1. The molecule has 1 aromatic heterocycles. The molecule has 2 rings (SSSR count). The molecule has 1 heterocycles. The van der Waals surface area contributed by atoms with E-state index >= 15 is 0 Å². The van der Waals surface area contributed by atoms with Crippen LogP contribution in [0.5, 0.6) is 11.8 Å². The molecule has 1 aromatic carbocycles. The fourth-order valence-corrected chi connectivity index (χ4v) is 1.81. The molecule has 106 valence electrons. The van der Waals surface area contributed by atoms with E-state index in [4.69, 9.17) is 9.47 Å². The Hall–Kier alpha value is -2.14. The molecule has 1 N–H and O–H groups in total. The van der Waals surface area contributed by atoms with Gasteiger partial charge in [0.1, 0.15) is 12.4 Å². The Labute approximate surface area is 119 Å². The highest BCUT2D eigenvalue weighted by Gasteiger charge is 2.04. The largest absolute Gasteiger partial charge is 0.497 e. The van der Waals surface area contributed by atoms with Gasteiger partial charge in [0.05, 0.1) is 7.11 Å². The van der Waals surface area contributed by atoms with Crippen molar-refractivity contribution in [3.05, 3.63) is 47.3 Å². The van der Waals surface area contributed by atoms with Crippen LogP contribution in [0.1, 0.15) is 16.8 Å². The maximum Gasteiger partial charge on any atom is 0.316 e. The zero-order valence-electron chi connectivity index (χ0n) is 12.0. The van der Waals surface area contributed by atoms with E-state index in [1.54, 1.807) is 13.3 Å². The number of hydrogen-bond acceptors (Lipinski definition) is 5. The summed E-state index contributed by atoms with van der Waals surface area (Å²) in [6, 6.07) is 8.13. The second kappa shape index (κ2) is 6.86. The molecule has 0 amide bonds. The molecule has 0 aliphatic carbocycles. The van der Waals surface area contributed by atoms with Crippen molar-refractivity contribution in [1.29, 1.82) is 0 Å². The summed E-state index contributed by atoms with van der Waals surface area (Å²) in [6.07, 6.45) is 1.79. The highest BCUT2D eigenvalue weighted by atomic mass is 16.5. The molecule has 0 radical (unpaired) electrons.